The molecule has 8 heteroatoms. The number of aromatic nitrogens is 1. The Bertz CT molecular complexity index is 1070. The normalized spacial score (nSPS) is 19.7. The van der Waals surface area contributed by atoms with Crippen LogP contribution in [0.5, 0.6) is 5.75 Å². The van der Waals surface area contributed by atoms with Crippen molar-refractivity contribution >= 4 is 16.8 Å². The summed E-state index contributed by atoms with van der Waals surface area (Å²) in [6.07, 6.45) is -4.27. The van der Waals surface area contributed by atoms with Gasteiger partial charge in [-0.2, -0.15) is 13.2 Å². The summed E-state index contributed by atoms with van der Waals surface area (Å²) in [4.78, 5) is 18.2. The van der Waals surface area contributed by atoms with E-state index >= 15 is 0 Å². The number of hydrogen-bond acceptors (Lipinski definition) is 4. The number of aliphatic hydroxyl groups excluding tert-OH is 1. The molecule has 0 radical (unpaired) electrons. The minimum Gasteiger partial charge on any atom is -0.488 e. The Morgan fingerprint density at radius 2 is 1.93 bits per heavy atom. The van der Waals surface area contributed by atoms with Gasteiger partial charge in [-0.25, -0.2) is 0 Å². The molecule has 3 aromatic rings. The Morgan fingerprint density at radius 3 is 2.70 bits per heavy atom. The van der Waals surface area contributed by atoms with Crippen LogP contribution in [0, 0.1) is 0 Å². The van der Waals surface area contributed by atoms with E-state index in [1.165, 1.54) is 17.0 Å². The summed E-state index contributed by atoms with van der Waals surface area (Å²) in [6.45, 7) is 0.0695. The minimum atomic E-state index is -4.63. The lowest BCUT2D eigenvalue weighted by atomic mass is 10.0. The summed E-state index contributed by atoms with van der Waals surface area (Å²) in [6, 6.07) is 13.8. The van der Waals surface area contributed by atoms with Gasteiger partial charge in [-0.05, 0) is 30.3 Å². The zero-order valence-electron chi connectivity index (χ0n) is 15.8. The third-order valence-electron chi connectivity index (χ3n) is 5.14. The number of carbonyl (C=O) groups excluding carboxylic acids is 1. The predicted octanol–water partition coefficient (Wildman–Crippen LogP) is 3.91. The van der Waals surface area contributed by atoms with Gasteiger partial charge >= 0.3 is 6.18 Å². The Kier molecular flexibility index (Phi) is 5.34. The number of carbonyl (C=O) groups is 1. The van der Waals surface area contributed by atoms with Crippen molar-refractivity contribution in [1.82, 2.24) is 9.88 Å². The average Bonchev–Trinajstić information content (AvgIpc) is 2.74. The second-order valence-corrected chi connectivity index (χ2v) is 7.16. The quantitative estimate of drug-likeness (QED) is 0.703. The van der Waals surface area contributed by atoms with Crippen LogP contribution in [0.2, 0.25) is 0 Å². The summed E-state index contributed by atoms with van der Waals surface area (Å²) in [5, 5.41) is 11.4. The van der Waals surface area contributed by atoms with E-state index in [9.17, 15) is 23.1 Å². The SMILES string of the molecule is O=C(c1ccccc1C(F)(F)F)N1CC[C@@H](Oc2ccc3cccnc3c2)[C@H](O)C1. The van der Waals surface area contributed by atoms with Crippen molar-refractivity contribution in [1.29, 1.82) is 0 Å². The van der Waals surface area contributed by atoms with Gasteiger partial charge in [0.25, 0.3) is 5.91 Å². The Labute approximate surface area is 170 Å². The zero-order chi connectivity index (χ0) is 21.3. The van der Waals surface area contributed by atoms with Crippen molar-refractivity contribution in [2.75, 3.05) is 13.1 Å². The van der Waals surface area contributed by atoms with Gasteiger partial charge in [0, 0.05) is 30.6 Å². The van der Waals surface area contributed by atoms with Gasteiger partial charge in [0.2, 0.25) is 0 Å². The molecule has 0 spiro atoms. The van der Waals surface area contributed by atoms with Gasteiger partial charge in [-0.1, -0.05) is 18.2 Å². The van der Waals surface area contributed by atoms with Crippen LogP contribution in [0.25, 0.3) is 10.9 Å². The molecule has 30 heavy (non-hydrogen) atoms. The smallest absolute Gasteiger partial charge is 0.417 e. The number of benzene rings is 2. The first-order valence-electron chi connectivity index (χ1n) is 9.48. The lowest BCUT2D eigenvalue weighted by Crippen LogP contribution is -2.51. The number of ether oxygens (including phenoxy) is 1. The van der Waals surface area contributed by atoms with Crippen LogP contribution in [0.15, 0.2) is 60.8 Å². The van der Waals surface area contributed by atoms with Gasteiger partial charge in [0.1, 0.15) is 18.0 Å². The van der Waals surface area contributed by atoms with Gasteiger partial charge in [0.15, 0.2) is 0 Å². The molecule has 2 heterocycles. The lowest BCUT2D eigenvalue weighted by molar-refractivity contribution is -0.138. The van der Waals surface area contributed by atoms with Crippen LogP contribution in [0.3, 0.4) is 0 Å². The van der Waals surface area contributed by atoms with E-state index in [-0.39, 0.29) is 13.1 Å². The van der Waals surface area contributed by atoms with Crippen molar-refractivity contribution < 1.29 is 27.8 Å². The molecule has 156 valence electrons. The van der Waals surface area contributed by atoms with E-state index in [2.05, 4.69) is 4.98 Å². The van der Waals surface area contributed by atoms with Crippen molar-refractivity contribution in [2.24, 2.45) is 0 Å². The van der Waals surface area contributed by atoms with Crippen LogP contribution in [-0.4, -0.2) is 46.2 Å². The minimum absolute atomic E-state index is 0.110. The van der Waals surface area contributed by atoms with Crippen LogP contribution in [0.1, 0.15) is 22.3 Å². The van der Waals surface area contributed by atoms with E-state index in [1.807, 2.05) is 18.2 Å². The maximum Gasteiger partial charge on any atom is 0.417 e. The topological polar surface area (TPSA) is 62.7 Å². The Balaban J connectivity index is 1.46. The number of alkyl halides is 3. The van der Waals surface area contributed by atoms with E-state index in [0.29, 0.717) is 12.2 Å². The summed E-state index contributed by atoms with van der Waals surface area (Å²) in [7, 11) is 0. The molecule has 1 aliphatic rings. The van der Waals surface area contributed by atoms with E-state index < -0.39 is 35.4 Å². The highest BCUT2D eigenvalue weighted by Crippen LogP contribution is 2.33. The second-order valence-electron chi connectivity index (χ2n) is 7.16. The number of pyridine rings is 1. The molecule has 2 atom stereocenters. The van der Waals surface area contributed by atoms with Crippen LogP contribution in [-0.2, 0) is 6.18 Å². The highest BCUT2D eigenvalue weighted by molar-refractivity contribution is 5.96. The van der Waals surface area contributed by atoms with Crippen molar-refractivity contribution in [2.45, 2.75) is 24.8 Å². The number of rotatable bonds is 3. The fourth-order valence-corrected chi connectivity index (χ4v) is 3.61. The fourth-order valence-electron chi connectivity index (χ4n) is 3.61. The molecule has 0 unspecified atom stereocenters. The molecule has 0 aliphatic carbocycles. The molecule has 1 saturated heterocycles. The first-order valence-corrected chi connectivity index (χ1v) is 9.48. The number of nitrogens with zero attached hydrogens (tertiary/aromatic N) is 2. The van der Waals surface area contributed by atoms with Gasteiger partial charge in [0.05, 0.1) is 23.2 Å². The Hall–Kier alpha value is -3.13. The molecule has 5 nitrogen and oxygen atoms in total. The van der Waals surface area contributed by atoms with Crippen LogP contribution in [0.4, 0.5) is 13.2 Å². The first-order chi connectivity index (χ1) is 14.3. The zero-order valence-corrected chi connectivity index (χ0v) is 15.8. The maximum atomic E-state index is 13.2. The number of aliphatic hydroxyl groups is 1. The van der Waals surface area contributed by atoms with E-state index in [0.717, 1.165) is 23.0 Å². The Morgan fingerprint density at radius 1 is 1.13 bits per heavy atom. The van der Waals surface area contributed by atoms with Crippen LogP contribution >= 0.6 is 0 Å². The molecule has 1 N–H and O–H groups in total. The van der Waals surface area contributed by atoms with Gasteiger partial charge in [-0.15, -0.1) is 0 Å². The first kappa shape index (κ1) is 20.2. The predicted molar refractivity (Wildman–Crippen MR) is 104 cm³/mol. The highest BCUT2D eigenvalue weighted by Gasteiger charge is 2.38. The average molecular weight is 416 g/mol. The van der Waals surface area contributed by atoms with Gasteiger partial charge in [-0.3, -0.25) is 9.78 Å². The molecular weight excluding hydrogens is 397 g/mol. The number of amides is 1. The number of piperidine rings is 1. The number of likely N-dealkylation sites (tertiary alicyclic amines) is 1. The van der Waals surface area contributed by atoms with Crippen molar-refractivity contribution in [3.05, 3.63) is 71.9 Å². The van der Waals surface area contributed by atoms with Crippen LogP contribution < -0.4 is 4.74 Å². The summed E-state index contributed by atoms with van der Waals surface area (Å²) >= 11 is 0. The molecule has 4 rings (SSSR count). The standard InChI is InChI=1S/C22H19F3N2O3/c23-22(24,25)17-6-2-1-5-16(17)21(29)27-11-9-20(19(28)13-27)30-15-8-7-14-4-3-10-26-18(14)12-15/h1-8,10,12,19-20,28H,9,11,13H2/t19-,20-/m1/s1. The monoisotopic (exact) mass is 416 g/mol. The largest absolute Gasteiger partial charge is 0.488 e. The van der Waals surface area contributed by atoms with E-state index in [4.69, 9.17) is 4.74 Å². The summed E-state index contributed by atoms with van der Waals surface area (Å²) in [5.74, 6) is -0.220. The van der Waals surface area contributed by atoms with E-state index in [1.54, 1.807) is 18.3 Å². The molecule has 1 fully saturated rings. The molecular formula is C22H19F3N2O3. The third kappa shape index (κ3) is 4.09. The molecule has 2 aromatic carbocycles. The number of β-amino-alcohol motifs (C(OH)–C–C–N with tert-alkyl or cyclic N) is 1. The van der Waals surface area contributed by atoms with Crippen molar-refractivity contribution in [3.8, 4) is 5.75 Å². The molecule has 1 amide bonds. The fraction of sp³-hybridized carbons (Fsp3) is 0.273. The maximum absolute atomic E-state index is 13.2. The van der Waals surface area contributed by atoms with Crippen molar-refractivity contribution in [3.63, 3.8) is 0 Å². The molecule has 0 bridgehead atoms. The third-order valence-corrected chi connectivity index (χ3v) is 5.14. The molecule has 0 saturated carbocycles. The molecule has 1 aromatic heterocycles. The lowest BCUT2D eigenvalue weighted by Gasteiger charge is -2.36. The number of hydrogen-bond donors (Lipinski definition) is 1. The van der Waals surface area contributed by atoms with Gasteiger partial charge < -0.3 is 14.7 Å². The summed E-state index contributed by atoms with van der Waals surface area (Å²) < 4.78 is 45.5. The highest BCUT2D eigenvalue weighted by atomic mass is 19.4. The molecule has 1 aliphatic heterocycles. The second kappa shape index (κ2) is 7.95. The number of fused-ring (bicyclic) bond motifs is 1. The number of halogens is 3. The summed E-state index contributed by atoms with van der Waals surface area (Å²) in [5.41, 5.74) is -0.649.